The van der Waals surface area contributed by atoms with Gasteiger partial charge in [-0.05, 0) is 37.8 Å². The van der Waals surface area contributed by atoms with Crippen LogP contribution >= 0.6 is 0 Å². The average Bonchev–Trinajstić information content (AvgIpc) is 2.53. The van der Waals surface area contributed by atoms with Crippen LogP contribution in [-0.4, -0.2) is 22.5 Å². The highest BCUT2D eigenvalue weighted by molar-refractivity contribution is 5.99. The van der Waals surface area contributed by atoms with Crippen molar-refractivity contribution in [2.24, 2.45) is 0 Å². The molecule has 1 aromatic carbocycles. The Morgan fingerprint density at radius 1 is 1.33 bits per heavy atom. The summed E-state index contributed by atoms with van der Waals surface area (Å²) in [6, 6.07) is 5.92. The molecule has 0 radical (unpaired) electrons. The van der Waals surface area contributed by atoms with Crippen molar-refractivity contribution in [1.29, 1.82) is 0 Å². The third-order valence-corrected chi connectivity index (χ3v) is 4.38. The highest BCUT2D eigenvalue weighted by Gasteiger charge is 2.24. The number of anilines is 1. The van der Waals surface area contributed by atoms with Crippen LogP contribution < -0.4 is 4.90 Å². The van der Waals surface area contributed by atoms with E-state index in [1.165, 1.54) is 19.3 Å². The molecule has 0 aliphatic carbocycles. The lowest BCUT2D eigenvalue weighted by atomic mass is 9.97. The summed E-state index contributed by atoms with van der Waals surface area (Å²) in [7, 11) is 0. The molecule has 1 unspecified atom stereocenters. The first-order valence-corrected chi connectivity index (χ1v) is 7.50. The zero-order valence-electron chi connectivity index (χ0n) is 12.2. The number of pyridine rings is 1. The minimum Gasteiger partial charge on any atom is -0.368 e. The summed E-state index contributed by atoms with van der Waals surface area (Å²) >= 11 is 0. The van der Waals surface area contributed by atoms with E-state index < -0.39 is 0 Å². The Kier molecular flexibility index (Phi) is 3.73. The van der Waals surface area contributed by atoms with Crippen molar-refractivity contribution in [3.63, 3.8) is 0 Å². The van der Waals surface area contributed by atoms with Crippen LogP contribution in [0, 0.1) is 10.1 Å². The van der Waals surface area contributed by atoms with Gasteiger partial charge in [0.2, 0.25) is 0 Å². The molecule has 1 aliphatic rings. The van der Waals surface area contributed by atoms with Crippen molar-refractivity contribution in [3.05, 3.63) is 40.7 Å². The Balaban J connectivity index is 2.15. The SMILES string of the molecule is CCC1CCCCN1c1ccc([N+](=O)[O-])c2cnccc12. The van der Waals surface area contributed by atoms with Crippen LogP contribution in [0.25, 0.3) is 10.8 Å². The van der Waals surface area contributed by atoms with Gasteiger partial charge in [-0.25, -0.2) is 0 Å². The van der Waals surface area contributed by atoms with Crippen molar-refractivity contribution in [1.82, 2.24) is 4.98 Å². The molecule has 21 heavy (non-hydrogen) atoms. The molecule has 1 fully saturated rings. The summed E-state index contributed by atoms with van der Waals surface area (Å²) in [6.07, 6.45) is 8.05. The molecule has 1 atom stereocenters. The third-order valence-electron chi connectivity index (χ3n) is 4.38. The van der Waals surface area contributed by atoms with E-state index in [1.54, 1.807) is 18.5 Å². The summed E-state index contributed by atoms with van der Waals surface area (Å²) in [4.78, 5) is 17.3. The second-order valence-electron chi connectivity index (χ2n) is 5.53. The zero-order chi connectivity index (χ0) is 14.8. The number of nitro benzene ring substituents is 1. The largest absolute Gasteiger partial charge is 0.368 e. The van der Waals surface area contributed by atoms with Gasteiger partial charge in [0, 0.05) is 42.1 Å². The maximum atomic E-state index is 11.2. The van der Waals surface area contributed by atoms with E-state index in [2.05, 4.69) is 16.8 Å². The molecule has 5 nitrogen and oxygen atoms in total. The van der Waals surface area contributed by atoms with Gasteiger partial charge in [-0.1, -0.05) is 6.92 Å². The van der Waals surface area contributed by atoms with Gasteiger partial charge >= 0.3 is 0 Å². The average molecular weight is 285 g/mol. The van der Waals surface area contributed by atoms with E-state index in [9.17, 15) is 10.1 Å². The number of nitro groups is 1. The van der Waals surface area contributed by atoms with E-state index in [0.29, 0.717) is 11.4 Å². The topological polar surface area (TPSA) is 59.3 Å². The van der Waals surface area contributed by atoms with Gasteiger partial charge in [0.15, 0.2) is 0 Å². The number of piperidine rings is 1. The fourth-order valence-corrected chi connectivity index (χ4v) is 3.31. The molecule has 3 rings (SSSR count). The Bertz CT molecular complexity index is 672. The Morgan fingerprint density at radius 3 is 2.95 bits per heavy atom. The molecule has 0 N–H and O–H groups in total. The quantitative estimate of drug-likeness (QED) is 0.633. The van der Waals surface area contributed by atoms with Crippen LogP contribution in [0.4, 0.5) is 11.4 Å². The number of nitrogens with zero attached hydrogens (tertiary/aromatic N) is 3. The van der Waals surface area contributed by atoms with E-state index in [-0.39, 0.29) is 10.6 Å². The van der Waals surface area contributed by atoms with E-state index in [4.69, 9.17) is 0 Å². The molecule has 0 amide bonds. The molecule has 1 saturated heterocycles. The molecule has 1 aliphatic heterocycles. The van der Waals surface area contributed by atoms with Crippen molar-refractivity contribution in [2.45, 2.75) is 38.6 Å². The fourth-order valence-electron chi connectivity index (χ4n) is 3.31. The molecule has 1 aromatic heterocycles. The molecule has 2 aromatic rings. The van der Waals surface area contributed by atoms with Crippen LogP contribution in [0.15, 0.2) is 30.6 Å². The molecular formula is C16H19N3O2. The second-order valence-corrected chi connectivity index (χ2v) is 5.53. The molecule has 2 heterocycles. The van der Waals surface area contributed by atoms with Crippen molar-refractivity contribution in [3.8, 4) is 0 Å². The molecule has 110 valence electrons. The lowest BCUT2D eigenvalue weighted by Gasteiger charge is -2.37. The maximum absolute atomic E-state index is 11.2. The number of aromatic nitrogens is 1. The number of rotatable bonds is 3. The number of non-ortho nitro benzene ring substituents is 1. The van der Waals surface area contributed by atoms with Crippen LogP contribution in [0.5, 0.6) is 0 Å². The summed E-state index contributed by atoms with van der Waals surface area (Å²) in [6.45, 7) is 3.23. The van der Waals surface area contributed by atoms with Gasteiger partial charge < -0.3 is 4.90 Å². The third kappa shape index (κ3) is 2.44. The number of benzene rings is 1. The van der Waals surface area contributed by atoms with Crippen LogP contribution in [0.3, 0.4) is 0 Å². The smallest absolute Gasteiger partial charge is 0.278 e. The zero-order valence-corrected chi connectivity index (χ0v) is 12.2. The minimum atomic E-state index is -0.332. The standard InChI is InChI=1S/C16H19N3O2/c1-2-12-5-3-4-10-18(12)15-6-7-16(19(20)21)14-11-17-9-8-13(14)15/h6-9,11-12H,2-5,10H2,1H3. The Labute approximate surface area is 123 Å². The molecular weight excluding hydrogens is 266 g/mol. The predicted octanol–water partition coefficient (Wildman–Crippen LogP) is 3.91. The Morgan fingerprint density at radius 2 is 2.19 bits per heavy atom. The van der Waals surface area contributed by atoms with Gasteiger partial charge in [0.1, 0.15) is 0 Å². The predicted molar refractivity (Wildman–Crippen MR) is 83.7 cm³/mol. The van der Waals surface area contributed by atoms with Crippen molar-refractivity contribution in [2.75, 3.05) is 11.4 Å². The number of fused-ring (bicyclic) bond motifs is 1. The Hall–Kier alpha value is -2.17. The lowest BCUT2D eigenvalue weighted by molar-refractivity contribution is -0.383. The second kappa shape index (κ2) is 5.68. The monoisotopic (exact) mass is 285 g/mol. The normalized spacial score (nSPS) is 18.9. The highest BCUT2D eigenvalue weighted by atomic mass is 16.6. The van der Waals surface area contributed by atoms with Crippen molar-refractivity contribution >= 4 is 22.1 Å². The van der Waals surface area contributed by atoms with Crippen LogP contribution in [0.1, 0.15) is 32.6 Å². The van der Waals surface area contributed by atoms with Gasteiger partial charge in [0.25, 0.3) is 5.69 Å². The molecule has 0 bridgehead atoms. The first kappa shape index (κ1) is 13.8. The summed E-state index contributed by atoms with van der Waals surface area (Å²) in [5, 5.41) is 12.7. The lowest BCUT2D eigenvalue weighted by Crippen LogP contribution is -2.39. The highest BCUT2D eigenvalue weighted by Crippen LogP contribution is 2.36. The minimum absolute atomic E-state index is 0.131. The molecule has 5 heteroatoms. The summed E-state index contributed by atoms with van der Waals surface area (Å²) in [5.41, 5.74) is 1.23. The summed E-state index contributed by atoms with van der Waals surface area (Å²) in [5.74, 6) is 0. The first-order valence-electron chi connectivity index (χ1n) is 7.50. The van der Waals surface area contributed by atoms with Crippen LogP contribution in [-0.2, 0) is 0 Å². The van der Waals surface area contributed by atoms with E-state index in [0.717, 1.165) is 24.0 Å². The van der Waals surface area contributed by atoms with Crippen molar-refractivity contribution < 1.29 is 4.92 Å². The number of hydrogen-bond acceptors (Lipinski definition) is 4. The van der Waals surface area contributed by atoms with E-state index in [1.807, 2.05) is 12.1 Å². The first-order chi connectivity index (χ1) is 10.2. The maximum Gasteiger partial charge on any atom is 0.278 e. The van der Waals surface area contributed by atoms with Gasteiger partial charge in [0.05, 0.1) is 10.3 Å². The van der Waals surface area contributed by atoms with Gasteiger partial charge in [-0.2, -0.15) is 0 Å². The molecule has 0 saturated carbocycles. The summed E-state index contributed by atoms with van der Waals surface area (Å²) < 4.78 is 0. The van der Waals surface area contributed by atoms with Gasteiger partial charge in [-0.3, -0.25) is 15.1 Å². The van der Waals surface area contributed by atoms with E-state index >= 15 is 0 Å². The van der Waals surface area contributed by atoms with Crippen LogP contribution in [0.2, 0.25) is 0 Å². The fraction of sp³-hybridized carbons (Fsp3) is 0.438. The molecule has 0 spiro atoms. The number of hydrogen-bond donors (Lipinski definition) is 0. The van der Waals surface area contributed by atoms with Gasteiger partial charge in [-0.15, -0.1) is 0 Å².